The second-order valence-electron chi connectivity index (χ2n) is 16.6. The van der Waals surface area contributed by atoms with Crippen molar-refractivity contribution in [2.24, 2.45) is 0 Å². The first-order chi connectivity index (χ1) is 32.5. The fourth-order valence-corrected chi connectivity index (χ4v) is 6.47. The van der Waals surface area contributed by atoms with Gasteiger partial charge in [-0.15, -0.1) is 0 Å². The first-order valence-electron chi connectivity index (χ1n) is 26.0. The van der Waals surface area contributed by atoms with E-state index in [1.165, 1.54) is 38.5 Å². The zero-order valence-electron chi connectivity index (χ0n) is 41.9. The van der Waals surface area contributed by atoms with Crippen LogP contribution < -0.4 is 0 Å². The van der Waals surface area contributed by atoms with Crippen LogP contribution in [0.15, 0.2) is 146 Å². The summed E-state index contributed by atoms with van der Waals surface area (Å²) in [5, 5.41) is 0. The second kappa shape index (κ2) is 52.9. The van der Waals surface area contributed by atoms with Crippen molar-refractivity contribution >= 4 is 17.9 Å². The van der Waals surface area contributed by atoms with Gasteiger partial charge in [0.15, 0.2) is 6.10 Å². The molecular formula is C60H92O6. The highest BCUT2D eigenvalue weighted by molar-refractivity contribution is 5.71. The number of carbonyl (C=O) groups excluding carboxylic acids is 3. The summed E-state index contributed by atoms with van der Waals surface area (Å²) in [7, 11) is 0. The molecule has 0 heterocycles. The van der Waals surface area contributed by atoms with Gasteiger partial charge in [0.05, 0.1) is 0 Å². The first-order valence-corrected chi connectivity index (χ1v) is 26.0. The molecule has 0 aliphatic heterocycles. The molecule has 0 fully saturated rings. The minimum Gasteiger partial charge on any atom is -0.462 e. The molecule has 0 saturated carbocycles. The molecule has 0 radical (unpaired) electrons. The standard InChI is InChI=1S/C60H92O6/c1-4-7-10-13-16-19-22-25-28-29-30-33-35-38-41-44-47-50-53-59(62)65-56-57(66-60(63)54-51-48-45-42-39-36-32-27-24-21-18-15-12-9-6-3)55-64-58(61)52-49-46-43-40-37-34-31-26-23-20-17-14-11-8-5-2/h8-9,11-12,14-25,27-30,32-33,36,39,57H,4-7,10,13,26,31,34-35,37-38,40-56H2,1-3H3/b11-8-,12-9-,17-14-,18-15-,19-16-,23-20-,24-21-,25-22-,29-28-,32-27-,33-30-,39-36-. The monoisotopic (exact) mass is 909 g/mol. The molecule has 0 saturated heterocycles. The fourth-order valence-electron chi connectivity index (χ4n) is 6.47. The van der Waals surface area contributed by atoms with Gasteiger partial charge in [-0.05, 0) is 83.5 Å². The second-order valence-corrected chi connectivity index (χ2v) is 16.6. The Kier molecular flexibility index (Phi) is 49.1. The molecule has 0 amide bonds. The Labute approximate surface area is 404 Å². The normalized spacial score (nSPS) is 13.3. The lowest BCUT2D eigenvalue weighted by Crippen LogP contribution is -2.30. The SMILES string of the molecule is CC\C=C/C=C\C=C/C=C\C=C/CCCCCC(=O)OC(COC(=O)CCCCCCC\C=C/C=C\C=C/C=C\CCCCC)COC(=O)CCCCCCCCC\C=C/C=C\C=C/CC. The fraction of sp³-hybridized carbons (Fsp3) is 0.550. The van der Waals surface area contributed by atoms with Crippen LogP contribution in [0.1, 0.15) is 194 Å². The summed E-state index contributed by atoms with van der Waals surface area (Å²) < 4.78 is 16.7. The lowest BCUT2D eigenvalue weighted by Gasteiger charge is -2.18. The predicted molar refractivity (Wildman–Crippen MR) is 283 cm³/mol. The Morgan fingerprint density at radius 3 is 0.939 bits per heavy atom. The van der Waals surface area contributed by atoms with Crippen LogP contribution in [-0.2, 0) is 28.6 Å². The average Bonchev–Trinajstić information content (AvgIpc) is 3.31. The predicted octanol–water partition coefficient (Wildman–Crippen LogP) is 17.3. The van der Waals surface area contributed by atoms with Gasteiger partial charge in [-0.25, -0.2) is 0 Å². The molecular weight excluding hydrogens is 817 g/mol. The third-order valence-corrected chi connectivity index (χ3v) is 10.3. The van der Waals surface area contributed by atoms with E-state index in [1.807, 2.05) is 48.6 Å². The molecule has 0 rings (SSSR count). The summed E-state index contributed by atoms with van der Waals surface area (Å²) in [6.07, 6.45) is 75.3. The topological polar surface area (TPSA) is 78.9 Å². The van der Waals surface area contributed by atoms with Gasteiger partial charge in [0.1, 0.15) is 13.2 Å². The van der Waals surface area contributed by atoms with Gasteiger partial charge in [0, 0.05) is 19.3 Å². The van der Waals surface area contributed by atoms with Crippen molar-refractivity contribution in [3.05, 3.63) is 146 Å². The number of carbonyl (C=O) groups is 3. The van der Waals surface area contributed by atoms with Crippen LogP contribution in [0, 0.1) is 0 Å². The van der Waals surface area contributed by atoms with E-state index in [0.717, 1.165) is 109 Å². The molecule has 0 N–H and O–H groups in total. The Morgan fingerprint density at radius 2 is 0.591 bits per heavy atom. The summed E-state index contributed by atoms with van der Waals surface area (Å²) >= 11 is 0. The van der Waals surface area contributed by atoms with E-state index in [1.54, 1.807) is 0 Å². The van der Waals surface area contributed by atoms with Crippen LogP contribution in [0.5, 0.6) is 0 Å². The van der Waals surface area contributed by atoms with Gasteiger partial charge >= 0.3 is 17.9 Å². The molecule has 0 bridgehead atoms. The lowest BCUT2D eigenvalue weighted by molar-refractivity contribution is -0.167. The van der Waals surface area contributed by atoms with Crippen molar-refractivity contribution in [1.82, 2.24) is 0 Å². The van der Waals surface area contributed by atoms with Gasteiger partial charge in [-0.3, -0.25) is 14.4 Å². The quantitative estimate of drug-likeness (QED) is 0.0262. The third-order valence-electron chi connectivity index (χ3n) is 10.3. The summed E-state index contributed by atoms with van der Waals surface area (Å²) in [4.78, 5) is 38.0. The maximum atomic E-state index is 12.8. The first kappa shape index (κ1) is 61.3. The maximum absolute atomic E-state index is 12.8. The van der Waals surface area contributed by atoms with Crippen LogP contribution in [0.3, 0.4) is 0 Å². The van der Waals surface area contributed by atoms with Crippen molar-refractivity contribution in [3.63, 3.8) is 0 Å². The molecule has 66 heavy (non-hydrogen) atoms. The number of rotatable bonds is 44. The van der Waals surface area contributed by atoms with Crippen molar-refractivity contribution in [2.45, 2.75) is 200 Å². The van der Waals surface area contributed by atoms with Crippen molar-refractivity contribution in [1.29, 1.82) is 0 Å². The van der Waals surface area contributed by atoms with Gasteiger partial charge in [-0.1, -0.05) is 237 Å². The minimum absolute atomic E-state index is 0.116. The van der Waals surface area contributed by atoms with Gasteiger partial charge in [0.25, 0.3) is 0 Å². The molecule has 0 aromatic heterocycles. The Morgan fingerprint density at radius 1 is 0.318 bits per heavy atom. The van der Waals surface area contributed by atoms with Crippen LogP contribution in [0.2, 0.25) is 0 Å². The highest BCUT2D eigenvalue weighted by atomic mass is 16.6. The van der Waals surface area contributed by atoms with Crippen molar-refractivity contribution in [2.75, 3.05) is 13.2 Å². The number of allylic oxidation sites excluding steroid dienone is 24. The van der Waals surface area contributed by atoms with E-state index in [4.69, 9.17) is 14.2 Å². The minimum atomic E-state index is -0.822. The molecule has 0 spiro atoms. The van der Waals surface area contributed by atoms with Crippen molar-refractivity contribution in [3.8, 4) is 0 Å². The molecule has 1 unspecified atom stereocenters. The largest absolute Gasteiger partial charge is 0.462 e. The summed E-state index contributed by atoms with van der Waals surface area (Å²) in [6.45, 7) is 6.23. The third kappa shape index (κ3) is 50.3. The molecule has 0 aromatic rings. The zero-order chi connectivity index (χ0) is 47.9. The van der Waals surface area contributed by atoms with Crippen LogP contribution in [-0.4, -0.2) is 37.2 Å². The number of hydrogen-bond acceptors (Lipinski definition) is 6. The number of esters is 3. The van der Waals surface area contributed by atoms with E-state index in [9.17, 15) is 14.4 Å². The molecule has 6 heteroatoms. The van der Waals surface area contributed by atoms with E-state index in [2.05, 4.69) is 118 Å². The summed E-state index contributed by atoms with van der Waals surface area (Å²) in [5.41, 5.74) is 0. The summed E-state index contributed by atoms with van der Waals surface area (Å²) in [5.74, 6) is -1.00. The molecule has 0 aliphatic rings. The zero-order valence-corrected chi connectivity index (χ0v) is 41.9. The number of ether oxygens (including phenoxy) is 3. The average molecular weight is 909 g/mol. The molecule has 0 aromatic carbocycles. The van der Waals surface area contributed by atoms with Gasteiger partial charge in [0.2, 0.25) is 0 Å². The van der Waals surface area contributed by atoms with Crippen LogP contribution in [0.4, 0.5) is 0 Å². The molecule has 368 valence electrons. The molecule has 1 atom stereocenters. The Balaban J connectivity index is 4.57. The Hall–Kier alpha value is -4.71. The van der Waals surface area contributed by atoms with E-state index >= 15 is 0 Å². The van der Waals surface area contributed by atoms with E-state index < -0.39 is 6.10 Å². The Bertz CT molecular complexity index is 1510. The van der Waals surface area contributed by atoms with Crippen molar-refractivity contribution < 1.29 is 28.6 Å². The highest BCUT2D eigenvalue weighted by Gasteiger charge is 2.19. The molecule has 0 aliphatic carbocycles. The van der Waals surface area contributed by atoms with Crippen LogP contribution in [0.25, 0.3) is 0 Å². The van der Waals surface area contributed by atoms with E-state index in [-0.39, 0.29) is 37.5 Å². The number of unbranched alkanes of at least 4 members (excludes halogenated alkanes) is 18. The highest BCUT2D eigenvalue weighted by Crippen LogP contribution is 2.13. The molecule has 6 nitrogen and oxygen atoms in total. The van der Waals surface area contributed by atoms with Crippen LogP contribution >= 0.6 is 0 Å². The maximum Gasteiger partial charge on any atom is 0.306 e. The van der Waals surface area contributed by atoms with Gasteiger partial charge < -0.3 is 14.2 Å². The summed E-state index contributed by atoms with van der Waals surface area (Å²) in [6, 6.07) is 0. The van der Waals surface area contributed by atoms with E-state index in [0.29, 0.717) is 19.3 Å². The number of hydrogen-bond donors (Lipinski definition) is 0. The van der Waals surface area contributed by atoms with Gasteiger partial charge in [-0.2, -0.15) is 0 Å². The smallest absolute Gasteiger partial charge is 0.306 e. The lowest BCUT2D eigenvalue weighted by atomic mass is 10.1.